The van der Waals surface area contributed by atoms with Gasteiger partial charge in [0.2, 0.25) is 0 Å². The molecule has 1 saturated heterocycles. The van der Waals surface area contributed by atoms with Gasteiger partial charge in [-0.1, -0.05) is 19.9 Å². The third-order valence-corrected chi connectivity index (χ3v) is 7.12. The highest BCUT2D eigenvalue weighted by Crippen LogP contribution is 2.35. The van der Waals surface area contributed by atoms with E-state index >= 15 is 0 Å². The Morgan fingerprint density at radius 2 is 1.71 bits per heavy atom. The Bertz CT molecular complexity index is 1310. The molecule has 2 N–H and O–H groups in total. The molecule has 1 fully saturated rings. The second-order valence-corrected chi connectivity index (χ2v) is 10.5. The van der Waals surface area contributed by atoms with Crippen LogP contribution in [0.15, 0.2) is 39.5 Å². The maximum atomic E-state index is 13.1. The summed E-state index contributed by atoms with van der Waals surface area (Å²) in [4.78, 5) is 27.1. The molecule has 0 radical (unpaired) electrons. The lowest BCUT2D eigenvalue weighted by molar-refractivity contribution is 0.0697. The zero-order chi connectivity index (χ0) is 24.8. The Morgan fingerprint density at radius 3 is 2.35 bits per heavy atom. The van der Waals surface area contributed by atoms with Crippen molar-refractivity contribution in [3.63, 3.8) is 0 Å². The number of hydrogen-bond donors (Lipinski definition) is 2. The number of hydrogen-bond acceptors (Lipinski definition) is 5. The molecule has 1 aliphatic heterocycles. The molecular weight excluding hydrogens is 428 g/mol. The topological polar surface area (TPSA) is 82.8 Å². The quantitative estimate of drug-likeness (QED) is 0.469. The molecule has 1 unspecified atom stereocenters. The van der Waals surface area contributed by atoms with Crippen LogP contribution in [0.2, 0.25) is 0 Å². The van der Waals surface area contributed by atoms with Gasteiger partial charge in [0.25, 0.3) is 0 Å². The molecule has 180 valence electrons. The summed E-state index contributed by atoms with van der Waals surface area (Å²) >= 11 is 0. The Morgan fingerprint density at radius 1 is 1.06 bits per heavy atom. The van der Waals surface area contributed by atoms with Crippen LogP contribution < -0.4 is 15.6 Å². The Hall–Kier alpha value is -3.28. The minimum Gasteiger partial charge on any atom is -0.478 e. The minimum absolute atomic E-state index is 0.0596. The summed E-state index contributed by atoms with van der Waals surface area (Å²) in [5.74, 6) is -0.378. The lowest BCUT2D eigenvalue weighted by Crippen LogP contribution is -2.37. The van der Waals surface area contributed by atoms with E-state index in [9.17, 15) is 14.7 Å². The van der Waals surface area contributed by atoms with Crippen molar-refractivity contribution in [2.24, 2.45) is 5.41 Å². The molecule has 34 heavy (non-hydrogen) atoms. The summed E-state index contributed by atoms with van der Waals surface area (Å²) in [6.45, 7) is 14.0. The van der Waals surface area contributed by atoms with Crippen LogP contribution in [0.25, 0.3) is 11.0 Å². The van der Waals surface area contributed by atoms with Gasteiger partial charge >= 0.3 is 5.97 Å². The van der Waals surface area contributed by atoms with Crippen LogP contribution >= 0.6 is 0 Å². The lowest BCUT2D eigenvalue weighted by Gasteiger charge is -2.37. The second-order valence-electron chi connectivity index (χ2n) is 10.5. The van der Waals surface area contributed by atoms with E-state index in [1.807, 2.05) is 45.9 Å². The lowest BCUT2D eigenvalue weighted by atomic mass is 9.83. The van der Waals surface area contributed by atoms with E-state index in [1.54, 1.807) is 12.1 Å². The number of anilines is 2. The van der Waals surface area contributed by atoms with Gasteiger partial charge in [0.1, 0.15) is 5.58 Å². The number of carbonyl (C=O) groups is 1. The Kier molecular flexibility index (Phi) is 6.19. The van der Waals surface area contributed by atoms with E-state index in [-0.39, 0.29) is 17.0 Å². The molecule has 2 heterocycles. The number of nitrogens with zero attached hydrogens (tertiary/aromatic N) is 1. The predicted octanol–water partition coefficient (Wildman–Crippen LogP) is 6.22. The number of carboxylic acid groups (broad SMARTS) is 1. The average Bonchev–Trinajstić information content (AvgIpc) is 2.75. The monoisotopic (exact) mass is 462 g/mol. The largest absolute Gasteiger partial charge is 0.478 e. The molecule has 1 aromatic heterocycles. The zero-order valence-corrected chi connectivity index (χ0v) is 20.9. The number of piperidine rings is 1. The molecule has 0 spiro atoms. The predicted molar refractivity (Wildman–Crippen MR) is 137 cm³/mol. The number of carboxylic acids is 1. The van der Waals surface area contributed by atoms with Crippen LogP contribution in [0.4, 0.5) is 11.6 Å². The standard InChI is InChI=1S/C28H34N2O4/c1-16-11-20(19(4)29-23-14-18(3)17(2)13-21(23)27(32)33)26-22(12-16)24(31)15-25(34-26)30-9-7-28(5,6)8-10-30/h11-15,19,29H,7-10H2,1-6H3,(H,32,33). The fourth-order valence-electron chi connectivity index (χ4n) is 4.66. The highest BCUT2D eigenvalue weighted by atomic mass is 16.4. The van der Waals surface area contributed by atoms with Gasteiger partial charge in [0.15, 0.2) is 11.3 Å². The van der Waals surface area contributed by atoms with Crippen molar-refractivity contribution in [2.45, 2.75) is 60.4 Å². The summed E-state index contributed by atoms with van der Waals surface area (Å²) in [5, 5.41) is 13.6. The number of rotatable bonds is 5. The fraction of sp³-hybridized carbons (Fsp3) is 0.429. The van der Waals surface area contributed by atoms with Crippen LogP contribution in [0.1, 0.15) is 72.3 Å². The molecule has 0 aliphatic carbocycles. The highest BCUT2D eigenvalue weighted by molar-refractivity contribution is 5.95. The average molecular weight is 463 g/mol. The third kappa shape index (κ3) is 4.67. The van der Waals surface area contributed by atoms with E-state index < -0.39 is 5.97 Å². The van der Waals surface area contributed by atoms with E-state index in [0.717, 1.165) is 48.2 Å². The van der Waals surface area contributed by atoms with Crippen LogP contribution in [0.3, 0.4) is 0 Å². The number of fused-ring (bicyclic) bond motifs is 1. The summed E-state index contributed by atoms with van der Waals surface area (Å²) in [6.07, 6.45) is 2.08. The first-order valence-corrected chi connectivity index (χ1v) is 11.9. The van der Waals surface area contributed by atoms with Crippen molar-refractivity contribution in [3.05, 3.63) is 68.4 Å². The van der Waals surface area contributed by atoms with E-state index in [2.05, 4.69) is 24.1 Å². The van der Waals surface area contributed by atoms with Crippen molar-refractivity contribution in [2.75, 3.05) is 23.3 Å². The molecular formula is C28H34N2O4. The van der Waals surface area contributed by atoms with Crippen LogP contribution in [0.5, 0.6) is 0 Å². The van der Waals surface area contributed by atoms with Gasteiger partial charge in [-0.05, 0) is 80.8 Å². The molecule has 3 aromatic rings. The molecule has 4 rings (SSSR count). The van der Waals surface area contributed by atoms with Gasteiger partial charge in [-0.3, -0.25) is 4.79 Å². The second kappa shape index (κ2) is 8.82. The summed E-state index contributed by atoms with van der Waals surface area (Å²) in [7, 11) is 0. The summed E-state index contributed by atoms with van der Waals surface area (Å²) in [5.41, 5.74) is 5.29. The molecule has 0 bridgehead atoms. The van der Waals surface area contributed by atoms with E-state index in [0.29, 0.717) is 28.0 Å². The molecule has 6 nitrogen and oxygen atoms in total. The number of benzene rings is 2. The molecule has 6 heteroatoms. The van der Waals surface area contributed by atoms with Crippen molar-refractivity contribution in [3.8, 4) is 0 Å². The number of nitrogens with one attached hydrogen (secondary N) is 1. The highest BCUT2D eigenvalue weighted by Gasteiger charge is 2.27. The van der Waals surface area contributed by atoms with Gasteiger partial charge in [-0.25, -0.2) is 4.79 Å². The maximum absolute atomic E-state index is 13.1. The van der Waals surface area contributed by atoms with Crippen molar-refractivity contribution >= 4 is 28.5 Å². The third-order valence-electron chi connectivity index (χ3n) is 7.12. The Labute approximate surface area is 200 Å². The zero-order valence-electron chi connectivity index (χ0n) is 20.9. The molecule has 0 amide bonds. The van der Waals surface area contributed by atoms with E-state index in [4.69, 9.17) is 4.42 Å². The normalized spacial score (nSPS) is 16.5. The van der Waals surface area contributed by atoms with Gasteiger partial charge in [-0.15, -0.1) is 0 Å². The van der Waals surface area contributed by atoms with Crippen LogP contribution in [-0.2, 0) is 0 Å². The van der Waals surface area contributed by atoms with Gasteiger partial charge in [0, 0.05) is 30.4 Å². The smallest absolute Gasteiger partial charge is 0.337 e. The maximum Gasteiger partial charge on any atom is 0.337 e. The SMILES string of the molecule is Cc1cc(C(C)Nc2cc(C)c(C)cc2C(=O)O)c2oc(N3CCC(C)(C)CC3)cc(=O)c2c1. The first-order valence-electron chi connectivity index (χ1n) is 11.9. The Balaban J connectivity index is 1.77. The van der Waals surface area contributed by atoms with Gasteiger partial charge in [0.05, 0.1) is 17.0 Å². The number of aromatic carboxylic acids is 1. The molecule has 0 saturated carbocycles. The first-order chi connectivity index (χ1) is 15.9. The van der Waals surface area contributed by atoms with Gasteiger partial charge in [-0.2, -0.15) is 0 Å². The van der Waals surface area contributed by atoms with Crippen LogP contribution in [-0.4, -0.2) is 24.2 Å². The van der Waals surface area contributed by atoms with Gasteiger partial charge < -0.3 is 19.7 Å². The minimum atomic E-state index is -0.978. The van der Waals surface area contributed by atoms with Crippen molar-refractivity contribution < 1.29 is 14.3 Å². The summed E-state index contributed by atoms with van der Waals surface area (Å²) in [6, 6.07) is 8.75. The van der Waals surface area contributed by atoms with E-state index in [1.165, 1.54) is 0 Å². The molecule has 1 atom stereocenters. The fourth-order valence-corrected chi connectivity index (χ4v) is 4.66. The molecule has 2 aromatic carbocycles. The van der Waals surface area contributed by atoms with Crippen molar-refractivity contribution in [1.82, 2.24) is 0 Å². The summed E-state index contributed by atoms with van der Waals surface area (Å²) < 4.78 is 6.39. The first kappa shape index (κ1) is 23.9. The number of aryl methyl sites for hydroxylation is 3. The molecule has 1 aliphatic rings. The van der Waals surface area contributed by atoms with Crippen LogP contribution in [0, 0.1) is 26.2 Å². The van der Waals surface area contributed by atoms with Crippen molar-refractivity contribution in [1.29, 1.82) is 0 Å².